The van der Waals surface area contributed by atoms with Gasteiger partial charge in [0.05, 0.1) is 13.2 Å². The predicted octanol–water partition coefficient (Wildman–Crippen LogP) is -3.88. The maximum absolute atomic E-state index is 12.3. The molecule has 2 fully saturated rings. The van der Waals surface area contributed by atoms with Crippen LogP contribution in [0.25, 0.3) is 0 Å². The molecule has 18 heteroatoms. The molecule has 2 rings (SSSR count). The largest absolute Gasteiger partial charge is 0.394 e. The Morgan fingerprint density at radius 1 is 0.646 bits per heavy atom. The second kappa shape index (κ2) is 21.5. The average Bonchev–Trinajstić information content (AvgIpc) is 3.04. The van der Waals surface area contributed by atoms with Gasteiger partial charge in [-0.3, -0.25) is 19.2 Å². The quantitative estimate of drug-likeness (QED) is 0.0546. The maximum Gasteiger partial charge on any atom is 0.220 e. The van der Waals surface area contributed by atoms with Gasteiger partial charge in [0.1, 0.15) is 48.7 Å². The molecule has 0 radical (unpaired) electrons. The van der Waals surface area contributed by atoms with Crippen LogP contribution in [0.5, 0.6) is 0 Å². The molecule has 0 aliphatic carbocycles. The van der Waals surface area contributed by atoms with Gasteiger partial charge in [0.15, 0.2) is 12.6 Å². The number of amides is 4. The van der Waals surface area contributed by atoms with Gasteiger partial charge in [-0.05, 0) is 31.6 Å². The van der Waals surface area contributed by atoms with Crippen molar-refractivity contribution in [1.82, 2.24) is 21.3 Å². The summed E-state index contributed by atoms with van der Waals surface area (Å²) in [6.45, 7) is 4.29. The second-order valence-electron chi connectivity index (χ2n) is 12.2. The Morgan fingerprint density at radius 3 is 1.35 bits per heavy atom. The molecule has 10 atom stereocenters. The third-order valence-corrected chi connectivity index (χ3v) is 7.96. The van der Waals surface area contributed by atoms with Crippen molar-refractivity contribution in [2.24, 2.45) is 5.92 Å². The van der Waals surface area contributed by atoms with Crippen molar-refractivity contribution in [2.75, 3.05) is 39.5 Å². The van der Waals surface area contributed by atoms with Crippen LogP contribution in [0.2, 0.25) is 0 Å². The SMILES string of the molecule is CC(=O)NC1[C@H](OCCCCC(=O)NCC(C)CNC(=O)CCCCO[C@@H]2OC(CO)[C@H](O)[C@H](O)C2NC(C)=O)OC(CO)[C@H](O)[C@@H]1O. The summed E-state index contributed by atoms with van der Waals surface area (Å²) in [6.07, 6.45) is -7.56. The number of unbranched alkanes of at least 4 members (excludes halogenated alkanes) is 2. The number of aliphatic hydroxyl groups is 6. The lowest BCUT2D eigenvalue weighted by molar-refractivity contribution is -0.270. The van der Waals surface area contributed by atoms with E-state index in [1.54, 1.807) is 0 Å². The third kappa shape index (κ3) is 13.8. The molecule has 2 saturated heterocycles. The van der Waals surface area contributed by atoms with E-state index in [2.05, 4.69) is 21.3 Å². The fourth-order valence-corrected chi connectivity index (χ4v) is 5.23. The third-order valence-electron chi connectivity index (χ3n) is 7.96. The molecule has 0 aromatic heterocycles. The smallest absolute Gasteiger partial charge is 0.220 e. The van der Waals surface area contributed by atoms with Crippen LogP contribution in [0.15, 0.2) is 0 Å². The highest BCUT2D eigenvalue weighted by molar-refractivity contribution is 5.76. The molecule has 278 valence electrons. The molecular formula is C30H54N4O14. The van der Waals surface area contributed by atoms with Gasteiger partial charge in [-0.15, -0.1) is 0 Å². The molecule has 0 bridgehead atoms. The first-order chi connectivity index (χ1) is 22.8. The van der Waals surface area contributed by atoms with Gasteiger partial charge in [0, 0.05) is 53.0 Å². The van der Waals surface area contributed by atoms with E-state index in [9.17, 15) is 49.8 Å². The number of hydrogen-bond donors (Lipinski definition) is 10. The minimum atomic E-state index is -1.40. The Bertz CT molecular complexity index is 933. The Kier molecular flexibility index (Phi) is 18.7. The topological polar surface area (TPSA) is 275 Å². The minimum Gasteiger partial charge on any atom is -0.394 e. The van der Waals surface area contributed by atoms with Crippen molar-refractivity contribution < 1.29 is 68.8 Å². The van der Waals surface area contributed by atoms with E-state index in [0.717, 1.165) is 0 Å². The summed E-state index contributed by atoms with van der Waals surface area (Å²) in [5, 5.41) is 70.1. The minimum absolute atomic E-state index is 0.0321. The zero-order valence-electron chi connectivity index (χ0n) is 27.8. The average molecular weight is 695 g/mol. The van der Waals surface area contributed by atoms with E-state index in [0.29, 0.717) is 38.8 Å². The maximum atomic E-state index is 12.3. The molecule has 10 N–H and O–H groups in total. The van der Waals surface area contributed by atoms with E-state index in [1.807, 2.05) is 6.92 Å². The van der Waals surface area contributed by atoms with Crippen LogP contribution in [0.4, 0.5) is 0 Å². The summed E-state index contributed by atoms with van der Waals surface area (Å²) >= 11 is 0. The van der Waals surface area contributed by atoms with E-state index in [4.69, 9.17) is 18.9 Å². The van der Waals surface area contributed by atoms with Crippen LogP contribution in [-0.4, -0.2) is 155 Å². The first-order valence-corrected chi connectivity index (χ1v) is 16.3. The highest BCUT2D eigenvalue weighted by atomic mass is 16.7. The van der Waals surface area contributed by atoms with Crippen LogP contribution in [-0.2, 0) is 38.1 Å². The summed E-state index contributed by atoms with van der Waals surface area (Å²) in [5.41, 5.74) is 0. The first-order valence-electron chi connectivity index (χ1n) is 16.3. The summed E-state index contributed by atoms with van der Waals surface area (Å²) in [6, 6.07) is -2.06. The Hall–Kier alpha value is -2.52. The van der Waals surface area contributed by atoms with Gasteiger partial charge in [0.2, 0.25) is 23.6 Å². The Balaban J connectivity index is 1.57. The number of hydrogen-bond acceptors (Lipinski definition) is 14. The number of carbonyl (C=O) groups is 4. The highest BCUT2D eigenvalue weighted by Crippen LogP contribution is 2.24. The van der Waals surface area contributed by atoms with Crippen LogP contribution >= 0.6 is 0 Å². The zero-order chi connectivity index (χ0) is 35.8. The summed E-state index contributed by atoms with van der Waals surface area (Å²) < 4.78 is 22.3. The normalized spacial score (nSPS) is 31.0. The van der Waals surface area contributed by atoms with Crippen molar-refractivity contribution in [3.63, 3.8) is 0 Å². The molecule has 4 unspecified atom stereocenters. The lowest BCUT2D eigenvalue weighted by Crippen LogP contribution is -2.64. The fourth-order valence-electron chi connectivity index (χ4n) is 5.23. The molecule has 2 heterocycles. The van der Waals surface area contributed by atoms with Crippen molar-refractivity contribution in [3.05, 3.63) is 0 Å². The van der Waals surface area contributed by atoms with Crippen LogP contribution in [0.1, 0.15) is 59.3 Å². The molecule has 0 aromatic rings. The molecule has 2 aliphatic heterocycles. The molecule has 48 heavy (non-hydrogen) atoms. The monoisotopic (exact) mass is 694 g/mol. The standard InChI is InChI=1S/C30H54N4O14/c1-16(12-31-21(39)8-4-6-10-45-29-23(33-17(2)37)27(43)25(41)19(14-35)47-29)13-32-22(40)9-5-7-11-46-30-24(34-18(3)38)28(44)26(42)20(15-36)48-30/h16,19-20,23-30,35-36,41-44H,4-15H2,1-3H3,(H,31,39)(H,32,40)(H,33,37)(H,34,38)/t16?,19?,20?,23?,24?,25-,26-,27+,28+,29+,30+/m0/s1. The Morgan fingerprint density at radius 2 is 1.02 bits per heavy atom. The van der Waals surface area contributed by atoms with Crippen molar-refractivity contribution in [2.45, 2.75) is 121 Å². The molecule has 2 aliphatic rings. The van der Waals surface area contributed by atoms with Crippen LogP contribution in [0.3, 0.4) is 0 Å². The Labute approximate surface area is 279 Å². The van der Waals surface area contributed by atoms with Gasteiger partial charge in [0.25, 0.3) is 0 Å². The molecular weight excluding hydrogens is 640 g/mol. The predicted molar refractivity (Wildman–Crippen MR) is 166 cm³/mol. The second-order valence-corrected chi connectivity index (χ2v) is 12.2. The van der Waals surface area contributed by atoms with Crippen LogP contribution < -0.4 is 21.3 Å². The van der Waals surface area contributed by atoms with Gasteiger partial charge in [-0.2, -0.15) is 0 Å². The van der Waals surface area contributed by atoms with E-state index < -0.39 is 86.3 Å². The highest BCUT2D eigenvalue weighted by Gasteiger charge is 2.46. The van der Waals surface area contributed by atoms with E-state index >= 15 is 0 Å². The fraction of sp³-hybridized carbons (Fsp3) is 0.867. The summed E-state index contributed by atoms with van der Waals surface area (Å²) in [4.78, 5) is 47.5. The summed E-state index contributed by atoms with van der Waals surface area (Å²) in [7, 11) is 0. The van der Waals surface area contributed by atoms with Crippen LogP contribution in [0, 0.1) is 5.92 Å². The number of carbonyl (C=O) groups excluding carboxylic acids is 4. The van der Waals surface area contributed by atoms with E-state index in [1.165, 1.54) is 13.8 Å². The lowest BCUT2D eigenvalue weighted by Gasteiger charge is -2.42. The summed E-state index contributed by atoms with van der Waals surface area (Å²) in [5.74, 6) is -1.28. The lowest BCUT2D eigenvalue weighted by atomic mass is 9.97. The number of nitrogens with one attached hydrogen (secondary N) is 4. The molecule has 18 nitrogen and oxygen atoms in total. The van der Waals surface area contributed by atoms with Gasteiger partial charge < -0.3 is 70.9 Å². The van der Waals surface area contributed by atoms with Crippen molar-refractivity contribution >= 4 is 23.6 Å². The molecule has 4 amide bonds. The first kappa shape index (κ1) is 41.7. The van der Waals surface area contributed by atoms with E-state index in [-0.39, 0.29) is 43.8 Å². The van der Waals surface area contributed by atoms with Crippen molar-refractivity contribution in [3.8, 4) is 0 Å². The number of ether oxygens (including phenoxy) is 4. The number of rotatable bonds is 20. The van der Waals surface area contributed by atoms with Crippen molar-refractivity contribution in [1.29, 1.82) is 0 Å². The molecule has 0 saturated carbocycles. The van der Waals surface area contributed by atoms with Gasteiger partial charge in [-0.25, -0.2) is 0 Å². The number of aliphatic hydroxyl groups excluding tert-OH is 6. The zero-order valence-corrected chi connectivity index (χ0v) is 27.8. The molecule has 0 aromatic carbocycles. The van der Waals surface area contributed by atoms with Gasteiger partial charge >= 0.3 is 0 Å². The van der Waals surface area contributed by atoms with Gasteiger partial charge in [-0.1, -0.05) is 6.92 Å². The molecule has 0 spiro atoms.